The third kappa shape index (κ3) is 2.96. The van der Waals surface area contributed by atoms with E-state index in [-0.39, 0.29) is 17.2 Å². The lowest BCUT2D eigenvalue weighted by atomic mass is 10.2. The lowest BCUT2D eigenvalue weighted by Gasteiger charge is -2.33. The van der Waals surface area contributed by atoms with Crippen LogP contribution in [0.4, 0.5) is 4.79 Å². The molecule has 0 N–H and O–H groups in total. The molecule has 0 unspecified atom stereocenters. The van der Waals surface area contributed by atoms with Crippen molar-refractivity contribution in [2.45, 2.75) is 0 Å². The molecule has 102 valence electrons. The number of carbonyl (C=O) groups is 2. The third-order valence-electron chi connectivity index (χ3n) is 2.99. The molecule has 1 aliphatic heterocycles. The van der Waals surface area contributed by atoms with Crippen LogP contribution in [0.15, 0.2) is 18.3 Å². The summed E-state index contributed by atoms with van der Waals surface area (Å²) in [5.74, 6) is -0.164. The van der Waals surface area contributed by atoms with Crippen LogP contribution in [0.3, 0.4) is 0 Å². The highest BCUT2D eigenvalue weighted by Gasteiger charge is 2.26. The average molecular weight is 284 g/mol. The zero-order valence-corrected chi connectivity index (χ0v) is 11.3. The Morgan fingerprint density at radius 2 is 1.89 bits per heavy atom. The molecule has 2 rings (SSSR count). The van der Waals surface area contributed by atoms with E-state index in [0.29, 0.717) is 31.7 Å². The first-order valence-corrected chi connectivity index (χ1v) is 6.24. The number of hydrogen-bond acceptors (Lipinski definition) is 4. The van der Waals surface area contributed by atoms with E-state index in [1.54, 1.807) is 21.9 Å². The van der Waals surface area contributed by atoms with Crippen LogP contribution in [0, 0.1) is 0 Å². The number of halogens is 1. The number of carbonyl (C=O) groups excluding carboxylic acids is 2. The molecule has 7 heteroatoms. The average Bonchev–Trinajstić information content (AvgIpc) is 2.46. The fraction of sp³-hybridized carbons (Fsp3) is 0.417. The van der Waals surface area contributed by atoms with Gasteiger partial charge in [0, 0.05) is 32.4 Å². The molecule has 0 radical (unpaired) electrons. The molecule has 0 atom stereocenters. The maximum absolute atomic E-state index is 12.2. The van der Waals surface area contributed by atoms with E-state index < -0.39 is 0 Å². The van der Waals surface area contributed by atoms with Crippen molar-refractivity contribution in [2.24, 2.45) is 0 Å². The van der Waals surface area contributed by atoms with Gasteiger partial charge in [0.05, 0.1) is 12.7 Å². The lowest BCUT2D eigenvalue weighted by Crippen LogP contribution is -2.50. The summed E-state index contributed by atoms with van der Waals surface area (Å²) in [5.41, 5.74) is 0.385. The van der Waals surface area contributed by atoms with Crippen LogP contribution in [0.25, 0.3) is 0 Å². The summed E-state index contributed by atoms with van der Waals surface area (Å²) in [7, 11) is 1.34. The molecule has 2 heterocycles. The summed E-state index contributed by atoms with van der Waals surface area (Å²) >= 11 is 5.90. The van der Waals surface area contributed by atoms with Gasteiger partial charge in [-0.25, -0.2) is 9.78 Å². The molecule has 0 spiro atoms. The van der Waals surface area contributed by atoms with Crippen molar-refractivity contribution < 1.29 is 14.3 Å². The first-order chi connectivity index (χ1) is 9.13. The minimum absolute atomic E-state index is 0.164. The number of piperazine rings is 1. The highest BCUT2D eigenvalue weighted by molar-refractivity contribution is 6.32. The van der Waals surface area contributed by atoms with Crippen molar-refractivity contribution >= 4 is 23.6 Å². The fourth-order valence-electron chi connectivity index (χ4n) is 1.94. The largest absolute Gasteiger partial charge is 0.453 e. The zero-order chi connectivity index (χ0) is 13.8. The minimum atomic E-state index is -0.369. The summed E-state index contributed by atoms with van der Waals surface area (Å²) in [6.45, 7) is 1.82. The number of hydrogen-bond donors (Lipinski definition) is 0. The summed E-state index contributed by atoms with van der Waals surface area (Å²) in [4.78, 5) is 30.7. The number of rotatable bonds is 1. The highest BCUT2D eigenvalue weighted by Crippen LogP contribution is 2.15. The summed E-state index contributed by atoms with van der Waals surface area (Å²) in [6, 6.07) is 3.31. The molecule has 0 aromatic carbocycles. The van der Waals surface area contributed by atoms with Crippen LogP contribution in [0.2, 0.25) is 5.15 Å². The zero-order valence-electron chi connectivity index (χ0n) is 10.5. The highest BCUT2D eigenvalue weighted by atomic mass is 35.5. The Kier molecular flexibility index (Phi) is 4.21. The first-order valence-electron chi connectivity index (χ1n) is 5.86. The van der Waals surface area contributed by atoms with Crippen LogP contribution >= 0.6 is 11.6 Å². The molecular formula is C12H14ClN3O3. The van der Waals surface area contributed by atoms with Crippen LogP contribution < -0.4 is 0 Å². The van der Waals surface area contributed by atoms with Gasteiger partial charge in [-0.3, -0.25) is 4.79 Å². The first kappa shape index (κ1) is 13.6. The van der Waals surface area contributed by atoms with E-state index in [1.165, 1.54) is 13.3 Å². The molecule has 1 aromatic heterocycles. The topological polar surface area (TPSA) is 62.7 Å². The lowest BCUT2D eigenvalue weighted by molar-refractivity contribution is 0.0599. The van der Waals surface area contributed by atoms with Gasteiger partial charge in [-0.05, 0) is 12.1 Å². The van der Waals surface area contributed by atoms with Gasteiger partial charge in [0.2, 0.25) is 0 Å². The normalized spacial score (nSPS) is 15.3. The van der Waals surface area contributed by atoms with E-state index in [9.17, 15) is 9.59 Å². The van der Waals surface area contributed by atoms with Crippen LogP contribution in [0.5, 0.6) is 0 Å². The summed E-state index contributed by atoms with van der Waals surface area (Å²) in [5, 5.41) is 0.197. The van der Waals surface area contributed by atoms with Crippen molar-refractivity contribution in [1.82, 2.24) is 14.8 Å². The number of pyridine rings is 1. The molecule has 2 amide bonds. The number of ether oxygens (including phenoxy) is 1. The van der Waals surface area contributed by atoms with Crippen LogP contribution in [-0.2, 0) is 4.74 Å². The standard InChI is InChI=1S/C12H14ClN3O3/c1-19-12(18)16-7-5-15(6-8-16)11(17)9-3-2-4-14-10(9)13/h2-4H,5-8H2,1H3. The number of nitrogens with zero attached hydrogens (tertiary/aromatic N) is 3. The molecular weight excluding hydrogens is 270 g/mol. The van der Waals surface area contributed by atoms with E-state index in [2.05, 4.69) is 9.72 Å². The second kappa shape index (κ2) is 5.88. The van der Waals surface area contributed by atoms with Crippen molar-refractivity contribution in [3.8, 4) is 0 Å². The van der Waals surface area contributed by atoms with Crippen LogP contribution in [0.1, 0.15) is 10.4 Å². The number of amides is 2. The number of methoxy groups -OCH3 is 1. The Morgan fingerprint density at radius 1 is 1.26 bits per heavy atom. The Bertz CT molecular complexity index is 487. The predicted octanol–water partition coefficient (Wildman–Crippen LogP) is 1.26. The Labute approximate surface area is 115 Å². The van der Waals surface area contributed by atoms with Crippen molar-refractivity contribution in [1.29, 1.82) is 0 Å². The van der Waals surface area contributed by atoms with Crippen LogP contribution in [-0.4, -0.2) is 60.1 Å². The summed E-state index contributed by atoms with van der Waals surface area (Å²) in [6.07, 6.45) is 1.17. The number of aromatic nitrogens is 1. The van der Waals surface area contributed by atoms with E-state index in [1.807, 2.05) is 0 Å². The molecule has 0 saturated carbocycles. The van der Waals surface area contributed by atoms with E-state index in [0.717, 1.165) is 0 Å². The van der Waals surface area contributed by atoms with Gasteiger partial charge in [0.25, 0.3) is 5.91 Å². The maximum atomic E-state index is 12.2. The van der Waals surface area contributed by atoms with Gasteiger partial charge in [-0.1, -0.05) is 11.6 Å². The van der Waals surface area contributed by atoms with Gasteiger partial charge in [-0.2, -0.15) is 0 Å². The molecule has 6 nitrogen and oxygen atoms in total. The Morgan fingerprint density at radius 3 is 2.47 bits per heavy atom. The molecule has 1 saturated heterocycles. The smallest absolute Gasteiger partial charge is 0.409 e. The minimum Gasteiger partial charge on any atom is -0.453 e. The second-order valence-electron chi connectivity index (χ2n) is 4.09. The Balaban J connectivity index is 2.00. The SMILES string of the molecule is COC(=O)N1CCN(C(=O)c2cccnc2Cl)CC1. The predicted molar refractivity (Wildman–Crippen MR) is 69.1 cm³/mol. The van der Waals surface area contributed by atoms with Gasteiger partial charge in [0.1, 0.15) is 5.15 Å². The maximum Gasteiger partial charge on any atom is 0.409 e. The third-order valence-corrected chi connectivity index (χ3v) is 3.29. The molecule has 0 bridgehead atoms. The van der Waals surface area contributed by atoms with Gasteiger partial charge < -0.3 is 14.5 Å². The Hall–Kier alpha value is -1.82. The molecule has 0 aliphatic carbocycles. The van der Waals surface area contributed by atoms with Crippen molar-refractivity contribution in [3.05, 3.63) is 29.0 Å². The van der Waals surface area contributed by atoms with E-state index in [4.69, 9.17) is 11.6 Å². The van der Waals surface area contributed by atoms with Crippen molar-refractivity contribution in [2.75, 3.05) is 33.3 Å². The quantitative estimate of drug-likeness (QED) is 0.728. The van der Waals surface area contributed by atoms with Gasteiger partial charge in [-0.15, -0.1) is 0 Å². The molecule has 1 fully saturated rings. The molecule has 1 aliphatic rings. The summed E-state index contributed by atoms with van der Waals surface area (Å²) < 4.78 is 4.64. The van der Waals surface area contributed by atoms with E-state index >= 15 is 0 Å². The van der Waals surface area contributed by atoms with Crippen molar-refractivity contribution in [3.63, 3.8) is 0 Å². The second-order valence-corrected chi connectivity index (χ2v) is 4.45. The monoisotopic (exact) mass is 283 g/mol. The fourth-order valence-corrected chi connectivity index (χ4v) is 2.14. The molecule has 19 heavy (non-hydrogen) atoms. The van der Waals surface area contributed by atoms with Gasteiger partial charge in [0.15, 0.2) is 0 Å². The van der Waals surface area contributed by atoms with Gasteiger partial charge >= 0.3 is 6.09 Å². The molecule has 1 aromatic rings.